The van der Waals surface area contributed by atoms with Crippen LogP contribution in [-0.4, -0.2) is 89.0 Å². The highest BCUT2D eigenvalue weighted by Crippen LogP contribution is 2.58. The molecule has 3 N–H and O–H groups in total. The van der Waals surface area contributed by atoms with Gasteiger partial charge in [0.15, 0.2) is 29.8 Å². The van der Waals surface area contributed by atoms with Gasteiger partial charge >= 0.3 is 13.5 Å². The summed E-state index contributed by atoms with van der Waals surface area (Å²) in [6.45, 7) is -9.54. The number of nitrogens with zero attached hydrogens (tertiary/aromatic N) is 5. The lowest BCUT2D eigenvalue weighted by molar-refractivity contribution is -0.0569. The zero-order chi connectivity index (χ0) is 30.1. The Balaban J connectivity index is 1.17. The SMILES string of the molecule is O=c1[nH]cnc2c1ncn2[C@@H]1O[C@@H]2COP(O)(=S)OC3C(O)[C@H](n4cnc5ccccc54)O[C@@H]3COP(=O)(S)OC2C1F. The van der Waals surface area contributed by atoms with Crippen molar-refractivity contribution >= 4 is 59.8 Å². The number of aliphatic hydroxyl groups excluding tert-OH is 1. The summed E-state index contributed by atoms with van der Waals surface area (Å²) in [7, 11) is 0. The highest BCUT2D eigenvalue weighted by molar-refractivity contribution is 8.44. The molecule has 1 aromatic carbocycles. The van der Waals surface area contributed by atoms with Crippen molar-refractivity contribution in [2.24, 2.45) is 0 Å². The van der Waals surface area contributed by atoms with E-state index in [1.807, 2.05) is 0 Å². The van der Waals surface area contributed by atoms with Crippen molar-refractivity contribution in [1.29, 1.82) is 0 Å². The monoisotopic (exact) mass is 676 g/mol. The average molecular weight is 677 g/mol. The standard InChI is InChI=1S/C22H23FN6O10P2S2/c23-14-17-12(36-21(14)29-9-27-15-19(29)24-7-25-20(15)31)5-34-41(33,43)39-18-13(6-35-40(32,42)38-17)37-22(16(18)30)28-8-26-10-3-1-2-4-11(10)28/h1-4,7-9,12-14,16-18,21-22,30H,5-6H2,(H,32,42)(H,33,43)(H,24,25,31)/t12-,13-,14?,16?,17?,18?,21-,22-,40?,41?/m1/s1. The molecule has 3 aliphatic heterocycles. The Morgan fingerprint density at radius 3 is 2.58 bits per heavy atom. The van der Waals surface area contributed by atoms with E-state index in [1.165, 1.54) is 10.9 Å². The highest BCUT2D eigenvalue weighted by Gasteiger charge is 2.53. The summed E-state index contributed by atoms with van der Waals surface area (Å²) in [5.74, 6) is 0. The number of fused-ring (bicyclic) bond motifs is 4. The van der Waals surface area contributed by atoms with Gasteiger partial charge in [0.05, 0.1) is 43.2 Å². The van der Waals surface area contributed by atoms with Gasteiger partial charge in [-0.25, -0.2) is 23.9 Å². The lowest BCUT2D eigenvalue weighted by atomic mass is 10.1. The molecule has 3 aromatic heterocycles. The van der Waals surface area contributed by atoms with Gasteiger partial charge in [-0.1, -0.05) is 24.4 Å². The average Bonchev–Trinajstić information content (AvgIpc) is 3.72. The molecule has 0 aliphatic carbocycles. The summed E-state index contributed by atoms with van der Waals surface area (Å²) in [4.78, 5) is 37.7. The van der Waals surface area contributed by atoms with Gasteiger partial charge in [0.2, 0.25) is 0 Å². The molecule has 43 heavy (non-hydrogen) atoms. The molecule has 3 saturated heterocycles. The Morgan fingerprint density at radius 2 is 1.74 bits per heavy atom. The number of halogens is 1. The van der Waals surface area contributed by atoms with Crippen molar-refractivity contribution in [2.45, 2.75) is 49.1 Å². The van der Waals surface area contributed by atoms with Gasteiger partial charge < -0.3 is 33.5 Å². The van der Waals surface area contributed by atoms with E-state index >= 15 is 4.39 Å². The van der Waals surface area contributed by atoms with Crippen LogP contribution in [0.5, 0.6) is 0 Å². The number of alkyl halides is 1. The molecule has 0 radical (unpaired) electrons. The molecule has 6 heterocycles. The van der Waals surface area contributed by atoms with Crippen LogP contribution in [0.1, 0.15) is 12.5 Å². The highest BCUT2D eigenvalue weighted by atomic mass is 32.7. The van der Waals surface area contributed by atoms with E-state index in [1.54, 1.807) is 28.8 Å². The molecule has 3 aliphatic rings. The number of thiol groups is 1. The Morgan fingerprint density at radius 1 is 1.02 bits per heavy atom. The first kappa shape index (κ1) is 29.6. The summed E-state index contributed by atoms with van der Waals surface area (Å²) in [5, 5.41) is 11.2. The van der Waals surface area contributed by atoms with E-state index in [2.05, 4.69) is 32.2 Å². The van der Waals surface area contributed by atoms with Crippen molar-refractivity contribution in [2.75, 3.05) is 13.2 Å². The topological polar surface area (TPSA) is 194 Å². The van der Waals surface area contributed by atoms with Gasteiger partial charge in [0.1, 0.15) is 30.5 Å². The fourth-order valence-corrected chi connectivity index (χ4v) is 8.25. The summed E-state index contributed by atoms with van der Waals surface area (Å²) >= 11 is 9.24. The first-order valence-electron chi connectivity index (χ1n) is 12.8. The Kier molecular flexibility index (Phi) is 7.60. The van der Waals surface area contributed by atoms with Crippen LogP contribution in [0.25, 0.3) is 22.2 Å². The maximum absolute atomic E-state index is 15.9. The summed E-state index contributed by atoms with van der Waals surface area (Å²) < 4.78 is 66.1. The maximum Gasteiger partial charge on any atom is 0.386 e. The predicted octanol–water partition coefficient (Wildman–Crippen LogP) is 1.74. The normalized spacial score (nSPS) is 38.9. The zero-order valence-electron chi connectivity index (χ0n) is 21.6. The largest absolute Gasteiger partial charge is 0.386 e. The Bertz CT molecular complexity index is 1840. The molecule has 16 nitrogen and oxygen atoms in total. The molecule has 0 spiro atoms. The minimum atomic E-state index is -4.32. The Labute approximate surface area is 251 Å². The van der Waals surface area contributed by atoms with Crippen molar-refractivity contribution in [3.63, 3.8) is 0 Å². The number of hydrogen-bond acceptors (Lipinski definition) is 13. The van der Waals surface area contributed by atoms with Crippen LogP contribution < -0.4 is 5.56 Å². The molecule has 4 aromatic rings. The van der Waals surface area contributed by atoms with Crippen LogP contribution in [0, 0.1) is 0 Å². The first-order valence-corrected chi connectivity index (χ1v) is 18.1. The van der Waals surface area contributed by atoms with Crippen molar-refractivity contribution in [3.8, 4) is 0 Å². The van der Waals surface area contributed by atoms with Gasteiger partial charge in [0.25, 0.3) is 5.56 Å². The fraction of sp³-hybridized carbons (Fsp3) is 0.455. The first-order chi connectivity index (χ1) is 20.5. The molecule has 0 bridgehead atoms. The van der Waals surface area contributed by atoms with Gasteiger partial charge in [-0.3, -0.25) is 22.9 Å². The van der Waals surface area contributed by atoms with E-state index in [9.17, 15) is 19.4 Å². The number of para-hydroxylation sites is 2. The number of aromatic amines is 1. The number of H-pyrrole nitrogens is 1. The van der Waals surface area contributed by atoms with Crippen LogP contribution in [0.15, 0.2) is 48.0 Å². The zero-order valence-corrected chi connectivity index (χ0v) is 25.1. The number of aromatic nitrogens is 6. The van der Waals surface area contributed by atoms with E-state index < -0.39 is 81.4 Å². The van der Waals surface area contributed by atoms with Crippen LogP contribution >= 0.6 is 25.8 Å². The molecule has 230 valence electrons. The summed E-state index contributed by atoms with van der Waals surface area (Å²) in [5.41, 5.74) is 0.701. The second-order valence-electron chi connectivity index (χ2n) is 9.93. The van der Waals surface area contributed by atoms with Gasteiger partial charge in [0, 0.05) is 0 Å². The number of nitrogens with one attached hydrogen (secondary N) is 1. The van der Waals surface area contributed by atoms with Crippen molar-refractivity contribution < 1.29 is 46.5 Å². The van der Waals surface area contributed by atoms with Gasteiger partial charge in [-0.15, -0.1) is 0 Å². The molecule has 7 rings (SSSR count). The van der Waals surface area contributed by atoms with E-state index in [0.29, 0.717) is 11.0 Å². The molecule has 0 saturated carbocycles. The van der Waals surface area contributed by atoms with Crippen LogP contribution in [-0.2, 0) is 43.9 Å². The third kappa shape index (κ3) is 5.41. The second kappa shape index (κ2) is 11.0. The number of hydrogen-bond donors (Lipinski definition) is 4. The summed E-state index contributed by atoms with van der Waals surface area (Å²) in [6, 6.07) is 7.14. The predicted molar refractivity (Wildman–Crippen MR) is 151 cm³/mol. The number of imidazole rings is 2. The number of rotatable bonds is 2. The van der Waals surface area contributed by atoms with E-state index in [4.69, 9.17) is 39.4 Å². The number of benzene rings is 1. The molecular formula is C22H23FN6O10P2S2. The van der Waals surface area contributed by atoms with Crippen molar-refractivity contribution in [1.82, 2.24) is 29.1 Å². The number of aliphatic hydroxyl groups is 1. The Hall–Kier alpha value is -2.12. The molecular weight excluding hydrogens is 653 g/mol. The molecule has 3 fully saturated rings. The maximum atomic E-state index is 15.9. The lowest BCUT2D eigenvalue weighted by Crippen LogP contribution is -2.38. The molecule has 10 atom stereocenters. The van der Waals surface area contributed by atoms with Gasteiger partial charge in [-0.05, 0) is 23.9 Å². The fourth-order valence-electron chi connectivity index (χ4n) is 5.33. The molecule has 6 unspecified atom stereocenters. The molecule has 0 amide bonds. The smallest absolute Gasteiger partial charge is 0.386 e. The van der Waals surface area contributed by atoms with Crippen LogP contribution in [0.3, 0.4) is 0 Å². The number of ether oxygens (including phenoxy) is 2. The van der Waals surface area contributed by atoms with Crippen molar-refractivity contribution in [3.05, 3.63) is 53.6 Å². The van der Waals surface area contributed by atoms with E-state index in [0.717, 1.165) is 12.7 Å². The minimum Gasteiger partial charge on any atom is -0.386 e. The van der Waals surface area contributed by atoms with Gasteiger partial charge in [-0.2, -0.15) is 0 Å². The quantitative estimate of drug-likeness (QED) is 0.177. The third-order valence-corrected chi connectivity index (χ3v) is 10.5. The molecule has 21 heteroatoms. The minimum absolute atomic E-state index is 0.0229. The van der Waals surface area contributed by atoms with E-state index in [-0.39, 0.29) is 11.2 Å². The third-order valence-electron chi connectivity index (χ3n) is 7.28. The van der Waals surface area contributed by atoms with Crippen LogP contribution in [0.2, 0.25) is 0 Å². The second-order valence-corrected chi connectivity index (χ2v) is 15.6. The lowest BCUT2D eigenvalue weighted by Gasteiger charge is -2.29. The summed E-state index contributed by atoms with van der Waals surface area (Å²) in [6.07, 6.45) is -7.56. The van der Waals surface area contributed by atoms with Crippen LogP contribution in [0.4, 0.5) is 4.39 Å².